The fraction of sp³-hybridized carbons (Fsp3) is 0.615. The summed E-state index contributed by atoms with van der Waals surface area (Å²) >= 11 is 1.66. The van der Waals surface area contributed by atoms with Gasteiger partial charge in [-0.1, -0.05) is 6.92 Å². The lowest BCUT2D eigenvalue weighted by molar-refractivity contribution is -0.132. The molecule has 1 aromatic heterocycles. The summed E-state index contributed by atoms with van der Waals surface area (Å²) in [7, 11) is 0. The van der Waals surface area contributed by atoms with E-state index in [1.807, 2.05) is 11.4 Å². The first-order valence-corrected chi connectivity index (χ1v) is 7.26. The molecule has 0 saturated carbocycles. The second kappa shape index (κ2) is 7.77. The van der Waals surface area contributed by atoms with E-state index in [-0.39, 0.29) is 18.3 Å². The molecule has 1 N–H and O–H groups in total. The van der Waals surface area contributed by atoms with Crippen LogP contribution in [0.4, 0.5) is 0 Å². The van der Waals surface area contributed by atoms with Crippen molar-refractivity contribution in [3.63, 3.8) is 0 Å². The first-order valence-electron chi connectivity index (χ1n) is 6.32. The summed E-state index contributed by atoms with van der Waals surface area (Å²) in [5.41, 5.74) is 1.15. The van der Waals surface area contributed by atoms with Crippen LogP contribution < -0.4 is 5.32 Å². The molecular weight excluding hydrogens is 268 g/mol. The molecule has 2 heterocycles. The van der Waals surface area contributed by atoms with Crippen molar-refractivity contribution in [2.45, 2.75) is 32.2 Å². The first kappa shape index (κ1) is 15.5. The summed E-state index contributed by atoms with van der Waals surface area (Å²) < 4.78 is 0. The third-order valence-electron chi connectivity index (χ3n) is 3.20. The van der Waals surface area contributed by atoms with Gasteiger partial charge in [0.05, 0.1) is 6.42 Å². The van der Waals surface area contributed by atoms with Crippen molar-refractivity contribution < 1.29 is 4.79 Å². The van der Waals surface area contributed by atoms with Crippen LogP contribution in [0.3, 0.4) is 0 Å². The highest BCUT2D eigenvalue weighted by atomic mass is 35.5. The number of nitrogens with one attached hydrogen (secondary N) is 1. The summed E-state index contributed by atoms with van der Waals surface area (Å²) in [4.78, 5) is 14.4. The summed E-state index contributed by atoms with van der Waals surface area (Å²) in [5.74, 6) is 0.277. The molecule has 18 heavy (non-hydrogen) atoms. The summed E-state index contributed by atoms with van der Waals surface area (Å²) in [6.45, 7) is 5.01. The van der Waals surface area contributed by atoms with Gasteiger partial charge in [-0.25, -0.2) is 0 Å². The Labute approximate surface area is 119 Å². The first-order chi connectivity index (χ1) is 8.31. The van der Waals surface area contributed by atoms with Crippen molar-refractivity contribution >= 4 is 29.7 Å². The molecule has 1 aliphatic heterocycles. The van der Waals surface area contributed by atoms with Crippen molar-refractivity contribution in [1.82, 2.24) is 10.2 Å². The fourth-order valence-electron chi connectivity index (χ4n) is 2.33. The van der Waals surface area contributed by atoms with Gasteiger partial charge in [0.25, 0.3) is 0 Å². The molecule has 1 aromatic rings. The Kier molecular flexibility index (Phi) is 6.68. The van der Waals surface area contributed by atoms with Crippen molar-refractivity contribution in [3.05, 3.63) is 22.4 Å². The topological polar surface area (TPSA) is 32.3 Å². The molecule has 1 saturated heterocycles. The molecule has 102 valence electrons. The predicted molar refractivity (Wildman–Crippen MR) is 78.5 cm³/mol. The van der Waals surface area contributed by atoms with Crippen molar-refractivity contribution in [3.8, 4) is 0 Å². The molecule has 5 heteroatoms. The maximum Gasteiger partial charge on any atom is 0.227 e. The Morgan fingerprint density at radius 1 is 1.61 bits per heavy atom. The largest absolute Gasteiger partial charge is 0.338 e. The Morgan fingerprint density at radius 3 is 3.00 bits per heavy atom. The average molecular weight is 289 g/mol. The number of amides is 1. The number of hydrogen-bond acceptors (Lipinski definition) is 3. The lowest BCUT2D eigenvalue weighted by atomic mass is 10.1. The highest BCUT2D eigenvalue weighted by Gasteiger charge is 2.25. The van der Waals surface area contributed by atoms with E-state index < -0.39 is 0 Å². The Balaban J connectivity index is 0.00000162. The van der Waals surface area contributed by atoms with Crippen LogP contribution in [-0.2, 0) is 11.2 Å². The van der Waals surface area contributed by atoms with E-state index in [0.29, 0.717) is 12.5 Å². The van der Waals surface area contributed by atoms with Crippen LogP contribution in [0.25, 0.3) is 0 Å². The number of carbonyl (C=O) groups excluding carboxylic acids is 1. The van der Waals surface area contributed by atoms with E-state index in [2.05, 4.69) is 22.5 Å². The standard InChI is InChI=1S/C13H20N2OS.ClH/c1-2-6-15(12-3-5-14-9-12)13(16)8-11-4-7-17-10-11;/h4,7,10,12,14H,2-3,5-6,8-9H2,1H3;1H. The second-order valence-corrected chi connectivity index (χ2v) is 5.32. The van der Waals surface area contributed by atoms with E-state index in [1.54, 1.807) is 11.3 Å². The molecule has 1 atom stereocenters. The SMILES string of the molecule is CCCN(C(=O)Cc1ccsc1)C1CCNC1.Cl. The lowest BCUT2D eigenvalue weighted by Gasteiger charge is -2.28. The van der Waals surface area contributed by atoms with Crippen molar-refractivity contribution in [2.75, 3.05) is 19.6 Å². The minimum atomic E-state index is 0. The van der Waals surface area contributed by atoms with Crippen LogP contribution in [-0.4, -0.2) is 36.5 Å². The number of nitrogens with zero attached hydrogens (tertiary/aromatic N) is 1. The molecule has 1 fully saturated rings. The maximum atomic E-state index is 12.3. The quantitative estimate of drug-likeness (QED) is 0.902. The number of hydrogen-bond donors (Lipinski definition) is 1. The van der Waals surface area contributed by atoms with Gasteiger partial charge in [-0.3, -0.25) is 4.79 Å². The molecule has 3 nitrogen and oxygen atoms in total. The van der Waals surface area contributed by atoms with Gasteiger partial charge in [-0.2, -0.15) is 11.3 Å². The number of rotatable bonds is 5. The van der Waals surface area contributed by atoms with Crippen LogP contribution >= 0.6 is 23.7 Å². The lowest BCUT2D eigenvalue weighted by Crippen LogP contribution is -2.42. The van der Waals surface area contributed by atoms with Crippen molar-refractivity contribution in [2.24, 2.45) is 0 Å². The van der Waals surface area contributed by atoms with Crippen LogP contribution in [0.15, 0.2) is 16.8 Å². The van der Waals surface area contributed by atoms with Gasteiger partial charge in [0.1, 0.15) is 0 Å². The zero-order chi connectivity index (χ0) is 12.1. The molecule has 0 aromatic carbocycles. The van der Waals surface area contributed by atoms with Gasteiger partial charge >= 0.3 is 0 Å². The van der Waals surface area contributed by atoms with E-state index in [4.69, 9.17) is 0 Å². The van der Waals surface area contributed by atoms with Crippen LogP contribution in [0.1, 0.15) is 25.3 Å². The van der Waals surface area contributed by atoms with Crippen molar-refractivity contribution in [1.29, 1.82) is 0 Å². The highest BCUT2D eigenvalue weighted by Crippen LogP contribution is 2.13. The molecule has 0 bridgehead atoms. The third-order valence-corrected chi connectivity index (χ3v) is 3.93. The summed E-state index contributed by atoms with van der Waals surface area (Å²) in [6.07, 6.45) is 2.68. The average Bonchev–Trinajstić information content (AvgIpc) is 2.97. The minimum Gasteiger partial charge on any atom is -0.338 e. The van der Waals surface area contributed by atoms with E-state index in [9.17, 15) is 4.79 Å². The van der Waals surface area contributed by atoms with Gasteiger partial charge in [0.15, 0.2) is 0 Å². The zero-order valence-corrected chi connectivity index (χ0v) is 12.4. The fourth-order valence-corrected chi connectivity index (χ4v) is 3.00. The molecule has 0 spiro atoms. The Bertz CT molecular complexity index is 350. The maximum absolute atomic E-state index is 12.3. The van der Waals surface area contributed by atoms with Crippen LogP contribution in [0.5, 0.6) is 0 Å². The Hall–Kier alpha value is -0.580. The van der Waals surface area contributed by atoms with Gasteiger partial charge in [0, 0.05) is 19.1 Å². The molecule has 2 rings (SSSR count). The minimum absolute atomic E-state index is 0. The van der Waals surface area contributed by atoms with Gasteiger partial charge in [-0.15, -0.1) is 12.4 Å². The Morgan fingerprint density at radius 2 is 2.44 bits per heavy atom. The van der Waals surface area contributed by atoms with E-state index in [0.717, 1.165) is 38.0 Å². The molecule has 1 unspecified atom stereocenters. The summed E-state index contributed by atoms with van der Waals surface area (Å²) in [5, 5.41) is 7.43. The molecular formula is C13H21ClN2OS. The number of carbonyl (C=O) groups is 1. The molecule has 0 radical (unpaired) electrons. The number of halogens is 1. The second-order valence-electron chi connectivity index (χ2n) is 4.54. The van der Waals surface area contributed by atoms with Crippen LogP contribution in [0.2, 0.25) is 0 Å². The van der Waals surface area contributed by atoms with E-state index in [1.165, 1.54) is 0 Å². The van der Waals surface area contributed by atoms with Gasteiger partial charge in [0.2, 0.25) is 5.91 Å². The summed E-state index contributed by atoms with van der Waals surface area (Å²) in [6, 6.07) is 2.45. The number of thiophene rings is 1. The van der Waals surface area contributed by atoms with Crippen LogP contribution in [0, 0.1) is 0 Å². The van der Waals surface area contributed by atoms with Gasteiger partial charge < -0.3 is 10.2 Å². The molecule has 1 aliphatic rings. The zero-order valence-electron chi connectivity index (χ0n) is 10.7. The molecule has 1 amide bonds. The monoisotopic (exact) mass is 288 g/mol. The smallest absolute Gasteiger partial charge is 0.227 e. The predicted octanol–water partition coefficient (Wildman–Crippen LogP) is 2.31. The van der Waals surface area contributed by atoms with E-state index >= 15 is 0 Å². The highest BCUT2D eigenvalue weighted by molar-refractivity contribution is 7.07. The molecule has 0 aliphatic carbocycles. The third kappa shape index (κ3) is 3.97. The van der Waals surface area contributed by atoms with Gasteiger partial charge in [-0.05, 0) is 41.8 Å². The normalized spacial score (nSPS) is 18.4.